The summed E-state index contributed by atoms with van der Waals surface area (Å²) in [5, 5.41) is 19.5. The molecule has 6 heteroatoms. The zero-order chi connectivity index (χ0) is 19.8. The van der Waals surface area contributed by atoms with Gasteiger partial charge in [0.1, 0.15) is 0 Å². The summed E-state index contributed by atoms with van der Waals surface area (Å²) in [7, 11) is 0. The molecule has 0 amide bonds. The third-order valence-electron chi connectivity index (χ3n) is 4.34. The average molecular weight is 372 g/mol. The van der Waals surface area contributed by atoms with Crippen LogP contribution in [-0.4, -0.2) is 4.92 Å². The number of non-ortho nitro benzene ring substituents is 1. The summed E-state index contributed by atoms with van der Waals surface area (Å²) in [4.78, 5) is 10.3. The number of rotatable bonds is 7. The Bertz CT molecular complexity index is 1000. The van der Waals surface area contributed by atoms with E-state index in [2.05, 4.69) is 15.2 Å². The van der Waals surface area contributed by atoms with E-state index in [1.54, 1.807) is 12.1 Å². The van der Waals surface area contributed by atoms with E-state index >= 15 is 0 Å². The summed E-state index contributed by atoms with van der Waals surface area (Å²) in [6.07, 6.45) is 12.8. The van der Waals surface area contributed by atoms with Gasteiger partial charge < -0.3 is 0 Å². The van der Waals surface area contributed by atoms with Crippen LogP contribution in [0.4, 0.5) is 5.69 Å². The number of nitro benzene ring substituents is 1. The second kappa shape index (κ2) is 9.19. The summed E-state index contributed by atoms with van der Waals surface area (Å²) in [6, 6.07) is 16.3. The summed E-state index contributed by atoms with van der Waals surface area (Å²) in [5.41, 5.74) is 2.75. The van der Waals surface area contributed by atoms with Crippen LogP contribution in [-0.2, 0) is 13.1 Å². The molecule has 0 aliphatic carbocycles. The predicted octanol–water partition coefficient (Wildman–Crippen LogP) is 3.30. The number of nitro groups is 1. The first kappa shape index (κ1) is 18.9. The summed E-state index contributed by atoms with van der Waals surface area (Å²) in [5.74, 6) is 0. The lowest BCUT2D eigenvalue weighted by Gasteiger charge is -1.98. The number of aromatic nitrogens is 2. The normalized spacial score (nSPS) is 10.7. The molecule has 0 radical (unpaired) electrons. The lowest BCUT2D eigenvalue weighted by atomic mass is 10.1. The van der Waals surface area contributed by atoms with E-state index in [1.165, 1.54) is 12.1 Å². The van der Waals surface area contributed by atoms with Crippen molar-refractivity contribution in [3.05, 3.63) is 100 Å². The van der Waals surface area contributed by atoms with Crippen molar-refractivity contribution in [2.45, 2.75) is 19.5 Å². The molecule has 2 heterocycles. The first-order valence-electron chi connectivity index (χ1n) is 8.95. The van der Waals surface area contributed by atoms with Gasteiger partial charge in [-0.05, 0) is 23.3 Å². The van der Waals surface area contributed by atoms with Gasteiger partial charge in [-0.3, -0.25) is 10.1 Å². The van der Waals surface area contributed by atoms with E-state index in [0.29, 0.717) is 5.56 Å². The molecule has 0 bridgehead atoms. The van der Waals surface area contributed by atoms with Crippen LogP contribution >= 0.6 is 0 Å². The van der Waals surface area contributed by atoms with Crippen LogP contribution in [0.1, 0.15) is 23.1 Å². The number of hydrogen-bond acceptors (Lipinski definition) is 3. The topological polar surface area (TPSA) is 74.7 Å². The predicted molar refractivity (Wildman–Crippen MR) is 105 cm³/mol. The Hall–Kier alpha value is -3.85. The van der Waals surface area contributed by atoms with Gasteiger partial charge in [0.15, 0.2) is 37.9 Å². The maximum Gasteiger partial charge on any atom is 0.269 e. The molecule has 28 heavy (non-hydrogen) atoms. The lowest BCUT2D eigenvalue weighted by Crippen LogP contribution is -2.38. The molecule has 1 aromatic carbocycles. The first-order chi connectivity index (χ1) is 13.6. The molecule has 0 saturated heterocycles. The third kappa shape index (κ3) is 5.32. The SMILES string of the molecule is N#Cc1cc[n+](CCC[n+]2ccc(/C=C/c3ccc([N+](=O)[O-])cc3)cc2)cc1. The Labute approximate surface area is 163 Å². The molecule has 0 spiro atoms. The number of aryl methyl sites for hydroxylation is 2. The highest BCUT2D eigenvalue weighted by Crippen LogP contribution is 2.14. The van der Waals surface area contributed by atoms with Crippen LogP contribution in [0.3, 0.4) is 0 Å². The molecule has 0 unspecified atom stereocenters. The van der Waals surface area contributed by atoms with Gasteiger partial charge >= 0.3 is 0 Å². The smallest absolute Gasteiger partial charge is 0.258 e. The molecule has 3 aromatic rings. The monoisotopic (exact) mass is 372 g/mol. The number of hydrogen-bond donors (Lipinski definition) is 0. The zero-order valence-electron chi connectivity index (χ0n) is 15.3. The Morgan fingerprint density at radius 3 is 1.86 bits per heavy atom. The second-order valence-corrected chi connectivity index (χ2v) is 6.34. The van der Waals surface area contributed by atoms with E-state index in [0.717, 1.165) is 30.6 Å². The van der Waals surface area contributed by atoms with Crippen LogP contribution in [0.5, 0.6) is 0 Å². The van der Waals surface area contributed by atoms with Gasteiger partial charge in [-0.15, -0.1) is 0 Å². The Morgan fingerprint density at radius 2 is 1.36 bits per heavy atom. The number of benzene rings is 1. The van der Waals surface area contributed by atoms with Gasteiger partial charge in [0.2, 0.25) is 0 Å². The summed E-state index contributed by atoms with van der Waals surface area (Å²) < 4.78 is 4.20. The average Bonchev–Trinajstić information content (AvgIpc) is 2.74. The Morgan fingerprint density at radius 1 is 0.857 bits per heavy atom. The van der Waals surface area contributed by atoms with Crippen LogP contribution < -0.4 is 9.13 Å². The third-order valence-corrected chi connectivity index (χ3v) is 4.34. The van der Waals surface area contributed by atoms with Gasteiger partial charge in [-0.25, -0.2) is 9.13 Å². The Kier molecular flexibility index (Phi) is 6.21. The highest BCUT2D eigenvalue weighted by molar-refractivity contribution is 5.69. The molecule has 0 aliphatic rings. The largest absolute Gasteiger partial charge is 0.269 e. The molecular weight excluding hydrogens is 352 g/mol. The molecule has 0 aliphatic heterocycles. The van der Waals surface area contributed by atoms with E-state index in [1.807, 2.05) is 61.2 Å². The molecule has 138 valence electrons. The van der Waals surface area contributed by atoms with Crippen molar-refractivity contribution in [1.82, 2.24) is 0 Å². The van der Waals surface area contributed by atoms with Gasteiger partial charge in [-0.1, -0.05) is 12.2 Å². The van der Waals surface area contributed by atoms with Crippen LogP contribution in [0.15, 0.2) is 73.3 Å². The summed E-state index contributed by atoms with van der Waals surface area (Å²) in [6.45, 7) is 1.79. The minimum atomic E-state index is -0.399. The highest BCUT2D eigenvalue weighted by atomic mass is 16.6. The molecular formula is C22H20N4O2+2. The Balaban J connectivity index is 1.51. The molecule has 6 nitrogen and oxygen atoms in total. The maximum atomic E-state index is 10.7. The van der Waals surface area contributed by atoms with Crippen LogP contribution in [0, 0.1) is 21.4 Å². The van der Waals surface area contributed by atoms with Crippen molar-refractivity contribution in [3.8, 4) is 6.07 Å². The van der Waals surface area contributed by atoms with Gasteiger partial charge in [0.05, 0.1) is 23.0 Å². The minimum absolute atomic E-state index is 0.0945. The number of nitriles is 1. The van der Waals surface area contributed by atoms with Crippen molar-refractivity contribution in [2.75, 3.05) is 0 Å². The van der Waals surface area contributed by atoms with Crippen molar-refractivity contribution in [2.24, 2.45) is 0 Å². The standard InChI is InChI=1S/C22H20N4O2/c23-18-21-10-16-25(17-11-21)13-1-12-24-14-8-20(9-15-24)3-2-19-4-6-22(7-5-19)26(27)28/h2-11,14-17H,1,12-13H2/q+2/b3-2+. The fourth-order valence-corrected chi connectivity index (χ4v) is 2.75. The fourth-order valence-electron chi connectivity index (χ4n) is 2.75. The molecule has 0 atom stereocenters. The van der Waals surface area contributed by atoms with Crippen LogP contribution in [0.25, 0.3) is 12.2 Å². The first-order valence-corrected chi connectivity index (χ1v) is 8.95. The van der Waals surface area contributed by atoms with E-state index in [-0.39, 0.29) is 5.69 Å². The molecule has 0 N–H and O–H groups in total. The van der Waals surface area contributed by atoms with E-state index < -0.39 is 4.92 Å². The molecule has 3 rings (SSSR count). The van der Waals surface area contributed by atoms with Crippen molar-refractivity contribution >= 4 is 17.8 Å². The van der Waals surface area contributed by atoms with Gasteiger partial charge in [-0.2, -0.15) is 5.26 Å². The van der Waals surface area contributed by atoms with Crippen molar-refractivity contribution in [3.63, 3.8) is 0 Å². The highest BCUT2D eigenvalue weighted by Gasteiger charge is 2.05. The van der Waals surface area contributed by atoms with E-state index in [4.69, 9.17) is 5.26 Å². The van der Waals surface area contributed by atoms with Crippen molar-refractivity contribution in [1.29, 1.82) is 5.26 Å². The number of pyridine rings is 2. The maximum absolute atomic E-state index is 10.7. The molecule has 0 saturated carbocycles. The molecule has 2 aromatic heterocycles. The fraction of sp³-hybridized carbons (Fsp3) is 0.136. The van der Waals surface area contributed by atoms with Gasteiger partial charge in [0, 0.05) is 36.4 Å². The van der Waals surface area contributed by atoms with Gasteiger partial charge in [0.25, 0.3) is 5.69 Å². The number of nitrogens with zero attached hydrogens (tertiary/aromatic N) is 4. The summed E-state index contributed by atoms with van der Waals surface area (Å²) >= 11 is 0. The molecule has 0 fully saturated rings. The van der Waals surface area contributed by atoms with Crippen LogP contribution in [0.2, 0.25) is 0 Å². The van der Waals surface area contributed by atoms with E-state index in [9.17, 15) is 10.1 Å². The van der Waals surface area contributed by atoms with Crippen molar-refractivity contribution < 1.29 is 14.1 Å². The zero-order valence-corrected chi connectivity index (χ0v) is 15.3. The minimum Gasteiger partial charge on any atom is -0.258 e. The second-order valence-electron chi connectivity index (χ2n) is 6.34. The quantitative estimate of drug-likeness (QED) is 0.363. The lowest BCUT2D eigenvalue weighted by molar-refractivity contribution is -0.726.